The van der Waals surface area contributed by atoms with Crippen molar-refractivity contribution in [2.75, 3.05) is 11.9 Å². The number of aryl methyl sites for hydroxylation is 1. The van der Waals surface area contributed by atoms with Gasteiger partial charge < -0.3 is 9.88 Å². The van der Waals surface area contributed by atoms with Crippen molar-refractivity contribution in [1.29, 1.82) is 0 Å². The summed E-state index contributed by atoms with van der Waals surface area (Å²) in [6.07, 6.45) is 0. The quantitative estimate of drug-likeness (QED) is 0.683. The summed E-state index contributed by atoms with van der Waals surface area (Å²) in [4.78, 5) is 28.4. The molecule has 1 atom stereocenters. The second-order valence-corrected chi connectivity index (χ2v) is 4.91. The molecule has 3 heterocycles. The van der Waals surface area contributed by atoms with E-state index in [4.69, 9.17) is 0 Å². The molecule has 1 aliphatic heterocycles. The average Bonchev–Trinajstić information content (AvgIpc) is 2.72. The monoisotopic (exact) mass is 249 g/mol. The first-order valence-electron chi connectivity index (χ1n) is 5.91. The van der Waals surface area contributed by atoms with Gasteiger partial charge in [0, 0.05) is 27.2 Å². The maximum Gasteiger partial charge on any atom is 0.332 e. The third kappa shape index (κ3) is 1.27. The molecule has 0 saturated heterocycles. The molecular formula is C11H15N5O2. The van der Waals surface area contributed by atoms with Crippen LogP contribution in [0.1, 0.15) is 6.92 Å². The van der Waals surface area contributed by atoms with Gasteiger partial charge in [-0.25, -0.2) is 4.79 Å². The molecule has 0 aliphatic carbocycles. The normalized spacial score (nSPS) is 18.7. The molecule has 0 bridgehead atoms. The van der Waals surface area contributed by atoms with Crippen molar-refractivity contribution < 1.29 is 0 Å². The largest absolute Gasteiger partial charge is 0.355 e. The molecule has 0 fully saturated rings. The summed E-state index contributed by atoms with van der Waals surface area (Å²) in [6, 6.07) is 0. The van der Waals surface area contributed by atoms with E-state index in [1.807, 2.05) is 4.57 Å². The highest BCUT2D eigenvalue weighted by Crippen LogP contribution is 2.21. The highest BCUT2D eigenvalue weighted by molar-refractivity contribution is 5.74. The van der Waals surface area contributed by atoms with Crippen LogP contribution in [0.15, 0.2) is 9.59 Å². The van der Waals surface area contributed by atoms with E-state index in [1.165, 1.54) is 11.6 Å². The van der Waals surface area contributed by atoms with E-state index < -0.39 is 0 Å². The predicted molar refractivity (Wildman–Crippen MR) is 67.9 cm³/mol. The Hall–Kier alpha value is -2.05. The molecular weight excluding hydrogens is 234 g/mol. The Labute approximate surface area is 103 Å². The highest BCUT2D eigenvalue weighted by atomic mass is 16.2. The Morgan fingerprint density at radius 3 is 2.72 bits per heavy atom. The Kier molecular flexibility index (Phi) is 2.13. The Bertz CT molecular complexity index is 751. The van der Waals surface area contributed by atoms with Gasteiger partial charge in [0.25, 0.3) is 5.56 Å². The van der Waals surface area contributed by atoms with E-state index in [9.17, 15) is 9.59 Å². The zero-order chi connectivity index (χ0) is 13.0. The van der Waals surface area contributed by atoms with Gasteiger partial charge in [-0.15, -0.1) is 0 Å². The van der Waals surface area contributed by atoms with Gasteiger partial charge in [0.1, 0.15) is 0 Å². The van der Waals surface area contributed by atoms with Crippen LogP contribution >= 0.6 is 0 Å². The minimum absolute atomic E-state index is 0.289. The highest BCUT2D eigenvalue weighted by Gasteiger charge is 2.23. The first-order chi connectivity index (χ1) is 8.50. The van der Waals surface area contributed by atoms with Crippen molar-refractivity contribution >= 4 is 17.1 Å². The van der Waals surface area contributed by atoms with Crippen molar-refractivity contribution in [3.05, 3.63) is 20.8 Å². The smallest absolute Gasteiger partial charge is 0.332 e. The van der Waals surface area contributed by atoms with Crippen LogP contribution < -0.4 is 16.6 Å². The van der Waals surface area contributed by atoms with Gasteiger partial charge in [0.2, 0.25) is 5.95 Å². The number of rotatable bonds is 0. The molecule has 2 aromatic rings. The van der Waals surface area contributed by atoms with Gasteiger partial charge in [-0.05, 0) is 5.92 Å². The van der Waals surface area contributed by atoms with Crippen LogP contribution in [0.2, 0.25) is 0 Å². The first-order valence-corrected chi connectivity index (χ1v) is 5.91. The Morgan fingerprint density at radius 2 is 2.00 bits per heavy atom. The molecule has 0 aromatic carbocycles. The fraction of sp³-hybridized carbons (Fsp3) is 0.545. The average molecular weight is 249 g/mol. The minimum Gasteiger partial charge on any atom is -0.355 e. The molecule has 0 radical (unpaired) electrons. The number of aromatic nitrogens is 4. The molecule has 1 N–H and O–H groups in total. The van der Waals surface area contributed by atoms with E-state index >= 15 is 0 Å². The van der Waals surface area contributed by atoms with Crippen LogP contribution in [-0.2, 0) is 20.6 Å². The first kappa shape index (κ1) is 11.1. The summed E-state index contributed by atoms with van der Waals surface area (Å²) >= 11 is 0. The fourth-order valence-corrected chi connectivity index (χ4v) is 2.40. The zero-order valence-corrected chi connectivity index (χ0v) is 10.6. The lowest BCUT2D eigenvalue weighted by molar-refractivity contribution is 0.484. The predicted octanol–water partition coefficient (Wildman–Crippen LogP) is -0.505. The van der Waals surface area contributed by atoms with Gasteiger partial charge in [-0.3, -0.25) is 13.9 Å². The zero-order valence-electron chi connectivity index (χ0n) is 10.6. The van der Waals surface area contributed by atoms with Crippen LogP contribution in [0.5, 0.6) is 0 Å². The number of nitrogens with zero attached hydrogens (tertiary/aromatic N) is 4. The van der Waals surface area contributed by atoms with E-state index in [2.05, 4.69) is 17.2 Å². The molecule has 7 heteroatoms. The molecule has 0 spiro atoms. The summed E-state index contributed by atoms with van der Waals surface area (Å²) in [5.74, 6) is 1.10. The lowest BCUT2D eigenvalue weighted by atomic mass is 10.1. The van der Waals surface area contributed by atoms with Crippen LogP contribution in [-0.4, -0.2) is 25.2 Å². The molecule has 18 heavy (non-hydrogen) atoms. The fourth-order valence-electron chi connectivity index (χ4n) is 2.40. The van der Waals surface area contributed by atoms with E-state index in [0.29, 0.717) is 23.0 Å². The minimum atomic E-state index is -0.351. The maximum atomic E-state index is 12.2. The topological polar surface area (TPSA) is 73.8 Å². The molecule has 2 aromatic heterocycles. The number of fused-ring (bicyclic) bond motifs is 3. The Balaban J connectivity index is 2.49. The van der Waals surface area contributed by atoms with Crippen LogP contribution in [0, 0.1) is 5.92 Å². The Morgan fingerprint density at radius 1 is 1.28 bits per heavy atom. The van der Waals surface area contributed by atoms with Gasteiger partial charge in [0.15, 0.2) is 11.2 Å². The molecule has 3 rings (SSSR count). The third-order valence-corrected chi connectivity index (χ3v) is 3.45. The maximum absolute atomic E-state index is 12.2. The lowest BCUT2D eigenvalue weighted by Crippen LogP contribution is -2.38. The number of hydrogen-bond acceptors (Lipinski definition) is 4. The lowest BCUT2D eigenvalue weighted by Gasteiger charge is -2.21. The summed E-state index contributed by atoms with van der Waals surface area (Å²) in [6.45, 7) is 3.68. The van der Waals surface area contributed by atoms with Crippen LogP contribution in [0.4, 0.5) is 5.95 Å². The number of hydrogen-bond donors (Lipinski definition) is 1. The van der Waals surface area contributed by atoms with Gasteiger partial charge in [-0.1, -0.05) is 6.92 Å². The van der Waals surface area contributed by atoms with Crippen molar-refractivity contribution in [2.24, 2.45) is 20.0 Å². The number of imidazole rings is 1. The van der Waals surface area contributed by atoms with Gasteiger partial charge >= 0.3 is 5.69 Å². The standard InChI is InChI=1S/C11H15N5O2/c1-6-4-12-10-13-8-7(16(10)5-6)9(17)15(3)11(18)14(8)2/h6H,4-5H2,1-3H3,(H,12,13)/t6-/m1/s1. The molecule has 7 nitrogen and oxygen atoms in total. The van der Waals surface area contributed by atoms with E-state index in [1.54, 1.807) is 7.05 Å². The second-order valence-electron chi connectivity index (χ2n) is 4.91. The summed E-state index contributed by atoms with van der Waals surface area (Å²) in [5, 5.41) is 3.18. The molecule has 96 valence electrons. The third-order valence-electron chi connectivity index (χ3n) is 3.45. The van der Waals surface area contributed by atoms with Crippen molar-refractivity contribution in [2.45, 2.75) is 13.5 Å². The number of nitrogens with one attached hydrogen (secondary N) is 1. The second kappa shape index (κ2) is 3.47. The number of anilines is 1. The van der Waals surface area contributed by atoms with Crippen LogP contribution in [0.3, 0.4) is 0 Å². The molecule has 0 unspecified atom stereocenters. The van der Waals surface area contributed by atoms with Crippen molar-refractivity contribution in [1.82, 2.24) is 18.7 Å². The van der Waals surface area contributed by atoms with Crippen LogP contribution in [0.25, 0.3) is 11.2 Å². The molecule has 1 aliphatic rings. The van der Waals surface area contributed by atoms with E-state index in [-0.39, 0.29) is 11.2 Å². The molecule has 0 amide bonds. The molecule has 0 saturated carbocycles. The SMILES string of the molecule is C[C@@H]1CNc2nc3c(c(=O)n(C)c(=O)n3C)n2C1. The van der Waals surface area contributed by atoms with Gasteiger partial charge in [-0.2, -0.15) is 4.98 Å². The summed E-state index contributed by atoms with van der Waals surface area (Å²) < 4.78 is 4.40. The summed E-state index contributed by atoms with van der Waals surface area (Å²) in [5.41, 5.74) is 0.298. The van der Waals surface area contributed by atoms with Crippen molar-refractivity contribution in [3.8, 4) is 0 Å². The van der Waals surface area contributed by atoms with E-state index in [0.717, 1.165) is 17.7 Å². The van der Waals surface area contributed by atoms with Gasteiger partial charge in [0.05, 0.1) is 0 Å². The van der Waals surface area contributed by atoms with Crippen molar-refractivity contribution in [3.63, 3.8) is 0 Å². The summed E-state index contributed by atoms with van der Waals surface area (Å²) in [7, 11) is 3.12.